The van der Waals surface area contributed by atoms with Crippen molar-refractivity contribution >= 4 is 16.0 Å². The van der Waals surface area contributed by atoms with Gasteiger partial charge in [0.25, 0.3) is 0 Å². The lowest BCUT2D eigenvalue weighted by atomic mass is 10.00. The number of carboxylic acids is 1. The zero-order valence-corrected chi connectivity index (χ0v) is 12.3. The Morgan fingerprint density at radius 1 is 1.16 bits per heavy atom. The maximum absolute atomic E-state index is 11.5. The topological polar surface area (TPSA) is 77.9 Å². The van der Waals surface area contributed by atoms with Crippen molar-refractivity contribution in [2.24, 2.45) is 5.92 Å². The average molecular weight is 290 g/mol. The zero-order valence-electron chi connectivity index (χ0n) is 11.4. The Labute approximate surface area is 114 Å². The van der Waals surface area contributed by atoms with Gasteiger partial charge >= 0.3 is 5.97 Å². The van der Waals surface area contributed by atoms with Crippen LogP contribution >= 0.6 is 0 Å². The highest BCUT2D eigenvalue weighted by Crippen LogP contribution is 2.30. The maximum atomic E-state index is 11.5. The Kier molecular flexibility index (Phi) is 4.17. The number of nitrogens with zero attached hydrogens (tertiary/aromatic N) is 2. The number of carbonyl (C=O) groups is 1. The molecule has 2 aliphatic heterocycles. The first kappa shape index (κ1) is 14.7. The Morgan fingerprint density at radius 3 is 2.21 bits per heavy atom. The molecule has 2 fully saturated rings. The molecule has 2 rings (SSSR count). The quantitative estimate of drug-likeness (QED) is 0.803. The second-order valence-corrected chi connectivity index (χ2v) is 7.66. The minimum absolute atomic E-state index is 0.172. The van der Waals surface area contributed by atoms with E-state index in [1.54, 1.807) is 0 Å². The van der Waals surface area contributed by atoms with Crippen molar-refractivity contribution in [3.8, 4) is 0 Å². The van der Waals surface area contributed by atoms with E-state index in [0.29, 0.717) is 13.1 Å². The van der Waals surface area contributed by atoms with E-state index in [1.165, 1.54) is 10.6 Å². The summed E-state index contributed by atoms with van der Waals surface area (Å²) in [6.45, 7) is 3.79. The summed E-state index contributed by atoms with van der Waals surface area (Å²) in [6.07, 6.45) is 3.59. The lowest BCUT2D eigenvalue weighted by molar-refractivity contribution is -0.144. The third-order valence-corrected chi connectivity index (χ3v) is 5.66. The molecule has 2 unspecified atom stereocenters. The molecule has 0 spiro atoms. The molecule has 6 nitrogen and oxygen atoms in total. The van der Waals surface area contributed by atoms with Crippen molar-refractivity contribution < 1.29 is 18.3 Å². The van der Waals surface area contributed by atoms with Crippen LogP contribution in [-0.2, 0) is 14.8 Å². The van der Waals surface area contributed by atoms with Gasteiger partial charge in [0.15, 0.2) is 0 Å². The molecule has 0 radical (unpaired) electrons. The van der Waals surface area contributed by atoms with E-state index in [1.807, 2.05) is 6.92 Å². The van der Waals surface area contributed by atoms with Gasteiger partial charge in [0, 0.05) is 19.1 Å². The first-order valence-electron chi connectivity index (χ1n) is 6.74. The van der Waals surface area contributed by atoms with Crippen LogP contribution in [0.1, 0.15) is 26.2 Å². The maximum Gasteiger partial charge on any atom is 0.321 e. The second-order valence-electron chi connectivity index (χ2n) is 5.68. The third-order valence-electron chi connectivity index (χ3n) is 4.35. The van der Waals surface area contributed by atoms with E-state index >= 15 is 0 Å². The van der Waals surface area contributed by atoms with Crippen LogP contribution in [0.15, 0.2) is 0 Å². The molecule has 0 aliphatic carbocycles. The predicted octanol–water partition coefficient (Wildman–Crippen LogP) is 0.205. The van der Waals surface area contributed by atoms with Gasteiger partial charge in [0.1, 0.15) is 6.04 Å². The Hall–Kier alpha value is -0.660. The number of piperidine rings is 1. The molecule has 7 heteroatoms. The minimum Gasteiger partial charge on any atom is -0.480 e. The Balaban J connectivity index is 2.00. The highest BCUT2D eigenvalue weighted by molar-refractivity contribution is 7.88. The van der Waals surface area contributed by atoms with Crippen LogP contribution in [-0.4, -0.2) is 66.7 Å². The first-order chi connectivity index (χ1) is 8.80. The molecule has 19 heavy (non-hydrogen) atoms. The number of likely N-dealkylation sites (tertiary alicyclic amines) is 1. The van der Waals surface area contributed by atoms with Crippen molar-refractivity contribution in [2.45, 2.75) is 38.3 Å². The SMILES string of the molecule is CC1CCN(C2CCN(S(C)(=O)=O)CC2)C1C(=O)O. The lowest BCUT2D eigenvalue weighted by Gasteiger charge is -2.37. The van der Waals surface area contributed by atoms with Crippen molar-refractivity contribution in [3.63, 3.8) is 0 Å². The molecule has 110 valence electrons. The van der Waals surface area contributed by atoms with Crippen molar-refractivity contribution in [2.75, 3.05) is 25.9 Å². The highest BCUT2D eigenvalue weighted by Gasteiger charge is 2.41. The molecule has 0 amide bonds. The van der Waals surface area contributed by atoms with E-state index in [-0.39, 0.29) is 12.0 Å². The molecule has 1 N–H and O–H groups in total. The molecule has 0 aromatic rings. The molecule has 2 atom stereocenters. The lowest BCUT2D eigenvalue weighted by Crippen LogP contribution is -2.50. The van der Waals surface area contributed by atoms with E-state index in [2.05, 4.69) is 4.90 Å². The van der Waals surface area contributed by atoms with Crippen molar-refractivity contribution in [1.82, 2.24) is 9.21 Å². The molecule has 0 aromatic heterocycles. The smallest absolute Gasteiger partial charge is 0.321 e. The number of rotatable bonds is 3. The number of carboxylic acid groups (broad SMARTS) is 1. The minimum atomic E-state index is -3.11. The van der Waals surface area contributed by atoms with Gasteiger partial charge < -0.3 is 5.11 Å². The van der Waals surface area contributed by atoms with Crippen molar-refractivity contribution in [3.05, 3.63) is 0 Å². The number of aliphatic carboxylic acids is 1. The summed E-state index contributed by atoms with van der Waals surface area (Å²) >= 11 is 0. The fraction of sp³-hybridized carbons (Fsp3) is 0.917. The van der Waals surface area contributed by atoms with Gasteiger partial charge in [-0.1, -0.05) is 6.92 Å². The van der Waals surface area contributed by atoms with Crippen LogP contribution in [0.2, 0.25) is 0 Å². The highest BCUT2D eigenvalue weighted by atomic mass is 32.2. The van der Waals surface area contributed by atoms with Gasteiger partial charge in [-0.15, -0.1) is 0 Å². The molecular weight excluding hydrogens is 268 g/mol. The summed E-state index contributed by atoms with van der Waals surface area (Å²) in [6, 6.07) is -0.209. The van der Waals surface area contributed by atoms with E-state index in [0.717, 1.165) is 25.8 Å². The fourth-order valence-corrected chi connectivity index (χ4v) is 4.15. The van der Waals surface area contributed by atoms with Crippen LogP contribution in [0.4, 0.5) is 0 Å². The Morgan fingerprint density at radius 2 is 1.74 bits per heavy atom. The number of hydrogen-bond donors (Lipinski definition) is 1. The second kappa shape index (κ2) is 5.38. The zero-order chi connectivity index (χ0) is 14.2. The molecule has 0 bridgehead atoms. The number of sulfonamides is 1. The van der Waals surface area contributed by atoms with Crippen LogP contribution in [0.25, 0.3) is 0 Å². The summed E-state index contributed by atoms with van der Waals surface area (Å²) in [5.41, 5.74) is 0. The first-order valence-corrected chi connectivity index (χ1v) is 8.59. The fourth-order valence-electron chi connectivity index (χ4n) is 3.28. The van der Waals surface area contributed by atoms with E-state index in [4.69, 9.17) is 0 Å². The van der Waals surface area contributed by atoms with Gasteiger partial charge in [-0.3, -0.25) is 9.69 Å². The molecule has 2 saturated heterocycles. The van der Waals surface area contributed by atoms with E-state index < -0.39 is 22.0 Å². The predicted molar refractivity (Wildman–Crippen MR) is 71.3 cm³/mol. The standard InChI is InChI=1S/C12H22N2O4S/c1-9-3-8-14(11(9)12(15)16)10-4-6-13(7-5-10)19(2,17)18/h9-11H,3-8H2,1-2H3,(H,15,16). The monoisotopic (exact) mass is 290 g/mol. The normalized spacial score (nSPS) is 31.7. The van der Waals surface area contributed by atoms with Crippen LogP contribution in [0, 0.1) is 5.92 Å². The van der Waals surface area contributed by atoms with Crippen LogP contribution < -0.4 is 0 Å². The summed E-state index contributed by atoms with van der Waals surface area (Å²) in [4.78, 5) is 13.4. The average Bonchev–Trinajstić information content (AvgIpc) is 2.70. The van der Waals surface area contributed by atoms with E-state index in [9.17, 15) is 18.3 Å². The van der Waals surface area contributed by atoms with Gasteiger partial charge in [-0.25, -0.2) is 12.7 Å². The molecule has 2 aliphatic rings. The number of hydrogen-bond acceptors (Lipinski definition) is 4. The summed E-state index contributed by atoms with van der Waals surface area (Å²) in [5, 5.41) is 9.32. The molecular formula is C12H22N2O4S. The van der Waals surface area contributed by atoms with Crippen LogP contribution in [0.5, 0.6) is 0 Å². The largest absolute Gasteiger partial charge is 0.480 e. The van der Waals surface area contributed by atoms with Gasteiger partial charge in [-0.05, 0) is 31.7 Å². The van der Waals surface area contributed by atoms with Gasteiger partial charge in [-0.2, -0.15) is 0 Å². The van der Waals surface area contributed by atoms with Crippen molar-refractivity contribution in [1.29, 1.82) is 0 Å². The summed E-state index contributed by atoms with van der Waals surface area (Å²) < 4.78 is 24.4. The summed E-state index contributed by atoms with van der Waals surface area (Å²) in [7, 11) is -3.11. The van der Waals surface area contributed by atoms with Gasteiger partial charge in [0.05, 0.1) is 6.26 Å². The third kappa shape index (κ3) is 3.09. The molecule has 0 aromatic carbocycles. The van der Waals surface area contributed by atoms with Gasteiger partial charge in [0.2, 0.25) is 10.0 Å². The molecule has 2 heterocycles. The summed E-state index contributed by atoms with van der Waals surface area (Å²) in [5.74, 6) is -0.582. The molecule has 0 saturated carbocycles. The van der Waals surface area contributed by atoms with Crippen LogP contribution in [0.3, 0.4) is 0 Å². The Bertz CT molecular complexity index is 443.